The summed E-state index contributed by atoms with van der Waals surface area (Å²) in [6, 6.07) is 6.93. The van der Waals surface area contributed by atoms with Crippen molar-refractivity contribution in [2.45, 2.75) is 25.3 Å². The second-order valence-corrected chi connectivity index (χ2v) is 6.77. The van der Waals surface area contributed by atoms with E-state index in [9.17, 15) is 18.0 Å². The summed E-state index contributed by atoms with van der Waals surface area (Å²) in [4.78, 5) is 12.4. The van der Waals surface area contributed by atoms with Gasteiger partial charge in [-0.05, 0) is 48.2 Å². The Bertz CT molecular complexity index is 809. The number of hydrogen-bond donors (Lipinski definition) is 1. The lowest BCUT2D eigenvalue weighted by molar-refractivity contribution is -0.127. The minimum atomic E-state index is -1.26. The van der Waals surface area contributed by atoms with Gasteiger partial charge in [-0.3, -0.25) is 4.79 Å². The Labute approximate surface area is 139 Å². The molecule has 0 aliphatic carbocycles. The summed E-state index contributed by atoms with van der Waals surface area (Å²) >= 11 is 3.36. The van der Waals surface area contributed by atoms with Crippen molar-refractivity contribution in [3.05, 3.63) is 68.9 Å². The van der Waals surface area contributed by atoms with E-state index < -0.39 is 22.9 Å². The van der Waals surface area contributed by atoms with Crippen molar-refractivity contribution in [3.8, 4) is 0 Å². The maximum absolute atomic E-state index is 14.0. The molecule has 6 heteroatoms. The normalized spacial score (nSPS) is 20.1. The molecule has 2 aromatic carbocycles. The number of carbonyl (C=O) groups is 1. The van der Waals surface area contributed by atoms with Crippen LogP contribution in [0.25, 0.3) is 0 Å². The van der Waals surface area contributed by atoms with Gasteiger partial charge in [0.25, 0.3) is 0 Å². The molecule has 2 aromatic rings. The maximum Gasteiger partial charge on any atom is 0.230 e. The zero-order valence-corrected chi connectivity index (χ0v) is 13.8. The zero-order chi connectivity index (χ0) is 16.8. The Balaban J connectivity index is 2.12. The van der Waals surface area contributed by atoms with Crippen molar-refractivity contribution in [1.82, 2.24) is 5.32 Å². The third-order valence-electron chi connectivity index (χ3n) is 4.22. The number of fused-ring (bicyclic) bond motifs is 1. The predicted molar refractivity (Wildman–Crippen MR) is 83.4 cm³/mol. The lowest BCUT2D eigenvalue weighted by Gasteiger charge is -2.35. The van der Waals surface area contributed by atoms with Gasteiger partial charge in [-0.1, -0.05) is 22.0 Å². The fourth-order valence-electron chi connectivity index (χ4n) is 3.00. The minimum Gasteiger partial charge on any atom is -0.351 e. The summed E-state index contributed by atoms with van der Waals surface area (Å²) in [5, 5.41) is 2.75. The summed E-state index contributed by atoms with van der Waals surface area (Å²) in [5.41, 5.74) is 0.346. The summed E-state index contributed by atoms with van der Waals surface area (Å²) in [7, 11) is 0. The first-order valence-corrected chi connectivity index (χ1v) is 7.81. The Kier molecular flexibility index (Phi) is 3.96. The van der Waals surface area contributed by atoms with Gasteiger partial charge in [0.2, 0.25) is 5.91 Å². The highest BCUT2D eigenvalue weighted by Crippen LogP contribution is 2.36. The molecule has 1 aliphatic rings. The van der Waals surface area contributed by atoms with Gasteiger partial charge in [-0.15, -0.1) is 0 Å². The molecule has 120 valence electrons. The van der Waals surface area contributed by atoms with Crippen LogP contribution in [-0.2, 0) is 23.2 Å². The molecule has 1 aliphatic heterocycles. The molecular formula is C17H13BrF3NO. The summed E-state index contributed by atoms with van der Waals surface area (Å²) in [6.07, 6.45) is -0.136. The van der Waals surface area contributed by atoms with Crippen LogP contribution in [0.15, 0.2) is 34.8 Å². The van der Waals surface area contributed by atoms with E-state index in [1.807, 2.05) is 12.1 Å². The van der Waals surface area contributed by atoms with Crippen molar-refractivity contribution >= 4 is 21.8 Å². The molecule has 0 bridgehead atoms. The number of rotatable bonds is 2. The van der Waals surface area contributed by atoms with Crippen LogP contribution in [0.4, 0.5) is 13.2 Å². The highest BCUT2D eigenvalue weighted by atomic mass is 79.9. The smallest absolute Gasteiger partial charge is 0.230 e. The van der Waals surface area contributed by atoms with Crippen LogP contribution in [-0.4, -0.2) is 5.91 Å². The van der Waals surface area contributed by atoms with Crippen LogP contribution in [0.2, 0.25) is 0 Å². The Hall–Kier alpha value is -1.82. The topological polar surface area (TPSA) is 29.1 Å². The van der Waals surface area contributed by atoms with Crippen molar-refractivity contribution in [2.75, 3.05) is 0 Å². The van der Waals surface area contributed by atoms with Crippen LogP contribution in [0.3, 0.4) is 0 Å². The van der Waals surface area contributed by atoms with E-state index in [0.717, 1.165) is 21.7 Å². The average Bonchev–Trinajstić information content (AvgIpc) is 2.49. The number of carbonyl (C=O) groups excluding carboxylic acids is 1. The summed E-state index contributed by atoms with van der Waals surface area (Å²) in [5.74, 6) is -3.54. The Morgan fingerprint density at radius 1 is 1.22 bits per heavy atom. The van der Waals surface area contributed by atoms with E-state index in [4.69, 9.17) is 0 Å². The molecule has 23 heavy (non-hydrogen) atoms. The molecule has 0 fully saturated rings. The van der Waals surface area contributed by atoms with Gasteiger partial charge in [0.15, 0.2) is 11.6 Å². The molecule has 0 spiro atoms. The number of benzene rings is 2. The second kappa shape index (κ2) is 5.67. The first kappa shape index (κ1) is 16.1. The van der Waals surface area contributed by atoms with Crippen molar-refractivity contribution in [2.24, 2.45) is 0 Å². The zero-order valence-electron chi connectivity index (χ0n) is 12.2. The standard InChI is InChI=1S/C17H13BrF3NO/c1-17(7-10-4-12(19)6-14(20)15(10)21)13-5-11(18)3-2-9(13)8-22-16(17)23/h2-6H,7-8H2,1H3,(H,22,23)/t17-/m0/s1. The van der Waals surface area contributed by atoms with E-state index >= 15 is 0 Å². The van der Waals surface area contributed by atoms with Gasteiger partial charge < -0.3 is 5.32 Å². The molecule has 0 saturated heterocycles. The van der Waals surface area contributed by atoms with E-state index in [0.29, 0.717) is 12.6 Å². The largest absolute Gasteiger partial charge is 0.351 e. The molecule has 1 atom stereocenters. The highest BCUT2D eigenvalue weighted by molar-refractivity contribution is 9.10. The molecule has 0 unspecified atom stereocenters. The first-order valence-electron chi connectivity index (χ1n) is 7.02. The monoisotopic (exact) mass is 383 g/mol. The third kappa shape index (κ3) is 2.76. The maximum atomic E-state index is 14.0. The SMILES string of the molecule is C[C@@]1(Cc2cc(F)cc(F)c2F)C(=O)NCc2ccc(Br)cc21. The number of nitrogens with one attached hydrogen (secondary N) is 1. The number of amides is 1. The van der Waals surface area contributed by atoms with Crippen molar-refractivity contribution in [3.63, 3.8) is 0 Å². The predicted octanol–water partition coefficient (Wildman–Crippen LogP) is 4.00. The molecule has 0 saturated carbocycles. The third-order valence-corrected chi connectivity index (χ3v) is 4.71. The summed E-state index contributed by atoms with van der Waals surface area (Å²) < 4.78 is 41.7. The lowest BCUT2D eigenvalue weighted by atomic mass is 9.72. The molecule has 1 N–H and O–H groups in total. The second-order valence-electron chi connectivity index (χ2n) is 5.85. The van der Waals surface area contributed by atoms with E-state index in [1.165, 1.54) is 0 Å². The molecule has 1 heterocycles. The van der Waals surface area contributed by atoms with Gasteiger partial charge in [-0.25, -0.2) is 13.2 Å². The Morgan fingerprint density at radius 2 is 1.96 bits per heavy atom. The molecule has 2 nitrogen and oxygen atoms in total. The molecular weight excluding hydrogens is 371 g/mol. The van der Waals surface area contributed by atoms with E-state index in [2.05, 4.69) is 21.2 Å². The molecule has 0 aromatic heterocycles. The van der Waals surface area contributed by atoms with Gasteiger partial charge in [0.1, 0.15) is 5.82 Å². The van der Waals surface area contributed by atoms with Crippen LogP contribution >= 0.6 is 15.9 Å². The van der Waals surface area contributed by atoms with E-state index in [1.54, 1.807) is 13.0 Å². The number of halogens is 4. The fourth-order valence-corrected chi connectivity index (χ4v) is 3.36. The number of hydrogen-bond acceptors (Lipinski definition) is 1. The summed E-state index contributed by atoms with van der Waals surface area (Å²) in [6.45, 7) is 2.02. The van der Waals surface area contributed by atoms with Gasteiger partial charge >= 0.3 is 0 Å². The van der Waals surface area contributed by atoms with Gasteiger partial charge in [0, 0.05) is 17.1 Å². The first-order chi connectivity index (χ1) is 10.8. The van der Waals surface area contributed by atoms with Crippen LogP contribution < -0.4 is 5.32 Å². The van der Waals surface area contributed by atoms with Crippen molar-refractivity contribution in [1.29, 1.82) is 0 Å². The fraction of sp³-hybridized carbons (Fsp3) is 0.235. The van der Waals surface area contributed by atoms with Crippen molar-refractivity contribution < 1.29 is 18.0 Å². The van der Waals surface area contributed by atoms with Crippen LogP contribution in [0.1, 0.15) is 23.6 Å². The quantitative estimate of drug-likeness (QED) is 0.780. The lowest BCUT2D eigenvalue weighted by Crippen LogP contribution is -2.48. The molecule has 0 radical (unpaired) electrons. The average molecular weight is 384 g/mol. The van der Waals surface area contributed by atoms with E-state index in [-0.39, 0.29) is 17.9 Å². The Morgan fingerprint density at radius 3 is 2.70 bits per heavy atom. The van der Waals surface area contributed by atoms with Gasteiger partial charge in [-0.2, -0.15) is 0 Å². The van der Waals surface area contributed by atoms with Gasteiger partial charge in [0.05, 0.1) is 5.41 Å². The molecule has 3 rings (SSSR count). The highest BCUT2D eigenvalue weighted by Gasteiger charge is 2.40. The van der Waals surface area contributed by atoms with Crippen LogP contribution in [0, 0.1) is 17.5 Å². The molecule has 1 amide bonds. The minimum absolute atomic E-state index is 0.136. The van der Waals surface area contributed by atoms with Crippen LogP contribution in [0.5, 0.6) is 0 Å².